The van der Waals surface area contributed by atoms with E-state index in [1.165, 1.54) is 4.90 Å². The second kappa shape index (κ2) is 5.67. The molecule has 0 unspecified atom stereocenters. The number of hydrogen-bond donors (Lipinski definition) is 2. The number of aliphatic carboxylic acids is 1. The Balaban J connectivity index is 1.86. The van der Waals surface area contributed by atoms with Gasteiger partial charge in [0, 0.05) is 6.54 Å². The van der Waals surface area contributed by atoms with Crippen molar-refractivity contribution in [3.63, 3.8) is 0 Å². The Bertz CT molecular complexity index is 658. The lowest BCUT2D eigenvalue weighted by Crippen LogP contribution is -2.58. The highest BCUT2D eigenvalue weighted by Gasteiger charge is 2.63. The zero-order valence-electron chi connectivity index (χ0n) is 13.3. The lowest BCUT2D eigenvalue weighted by Gasteiger charge is -2.42. The number of nitrogens with one attached hydrogen (secondary N) is 1. The number of hydrogen-bond acceptors (Lipinski definition) is 6. The fourth-order valence-corrected chi connectivity index (χ4v) is 3.79. The molecule has 0 radical (unpaired) electrons. The number of nitrogens with zero attached hydrogens (tertiary/aromatic N) is 1. The first-order chi connectivity index (χ1) is 11.2. The molecular weight excluding hydrogens is 320 g/mol. The third-order valence-electron chi connectivity index (χ3n) is 4.50. The SMILES string of the molecule is CC1=C[C@]2(C)O[C@@H]3C(=O)NC(=O)[C@@H]3[C@@H]2N(C(=O)COCC(=O)O)C1. The molecule has 3 rings (SSSR count). The number of ether oxygens (including phenoxy) is 2. The Kier molecular flexibility index (Phi) is 3.92. The molecule has 0 aromatic rings. The topological polar surface area (TPSA) is 122 Å². The summed E-state index contributed by atoms with van der Waals surface area (Å²) >= 11 is 0. The Morgan fingerprint density at radius 2 is 2.12 bits per heavy atom. The maximum Gasteiger partial charge on any atom is 0.329 e. The van der Waals surface area contributed by atoms with Crippen LogP contribution in [0.2, 0.25) is 0 Å². The lowest BCUT2D eigenvalue weighted by molar-refractivity contribution is -0.148. The van der Waals surface area contributed by atoms with E-state index in [9.17, 15) is 19.2 Å². The molecule has 3 heterocycles. The van der Waals surface area contributed by atoms with Crippen molar-refractivity contribution in [2.75, 3.05) is 19.8 Å². The molecule has 0 spiro atoms. The van der Waals surface area contributed by atoms with E-state index in [0.29, 0.717) is 0 Å². The van der Waals surface area contributed by atoms with Crippen molar-refractivity contribution in [1.82, 2.24) is 10.2 Å². The van der Waals surface area contributed by atoms with Crippen molar-refractivity contribution in [3.8, 4) is 0 Å². The largest absolute Gasteiger partial charge is 0.480 e. The van der Waals surface area contributed by atoms with Crippen LogP contribution >= 0.6 is 0 Å². The molecule has 4 atom stereocenters. The zero-order chi connectivity index (χ0) is 17.6. The van der Waals surface area contributed by atoms with E-state index >= 15 is 0 Å². The average molecular weight is 338 g/mol. The third-order valence-corrected chi connectivity index (χ3v) is 4.50. The summed E-state index contributed by atoms with van der Waals surface area (Å²) in [7, 11) is 0. The summed E-state index contributed by atoms with van der Waals surface area (Å²) in [5.74, 6) is -3.36. The smallest absolute Gasteiger partial charge is 0.329 e. The molecule has 2 saturated heterocycles. The van der Waals surface area contributed by atoms with Gasteiger partial charge in [0.05, 0.1) is 12.0 Å². The van der Waals surface area contributed by atoms with Crippen molar-refractivity contribution in [2.24, 2.45) is 5.92 Å². The molecular formula is C15H18N2O7. The van der Waals surface area contributed by atoms with Crippen LogP contribution in [-0.4, -0.2) is 71.2 Å². The molecule has 9 nitrogen and oxygen atoms in total. The number of rotatable bonds is 4. The van der Waals surface area contributed by atoms with Gasteiger partial charge in [-0.3, -0.25) is 19.7 Å². The summed E-state index contributed by atoms with van der Waals surface area (Å²) in [6.45, 7) is 2.82. The Morgan fingerprint density at radius 3 is 2.79 bits per heavy atom. The van der Waals surface area contributed by atoms with Gasteiger partial charge in [-0.25, -0.2) is 4.79 Å². The van der Waals surface area contributed by atoms with Gasteiger partial charge in [-0.15, -0.1) is 0 Å². The molecule has 3 aliphatic rings. The molecule has 3 aliphatic heterocycles. The van der Waals surface area contributed by atoms with Crippen LogP contribution in [0.15, 0.2) is 11.6 Å². The van der Waals surface area contributed by atoms with Gasteiger partial charge >= 0.3 is 5.97 Å². The van der Waals surface area contributed by atoms with Gasteiger partial charge in [0.15, 0.2) is 6.10 Å². The standard InChI is InChI=1S/C15H18N2O7/c1-7-3-15(2)12(10-11(24-15)14(22)16-13(10)21)17(4-7)8(18)5-23-6-9(19)20/h3,10-12H,4-6H2,1-2H3,(H,19,20)(H,16,21,22)/t10-,11-,12-,15-/m0/s1. The van der Waals surface area contributed by atoms with Gasteiger partial charge in [0.1, 0.15) is 18.8 Å². The predicted octanol–water partition coefficient (Wildman–Crippen LogP) is -1.33. The molecule has 0 aromatic heterocycles. The van der Waals surface area contributed by atoms with Gasteiger partial charge in [0.2, 0.25) is 11.8 Å². The minimum Gasteiger partial charge on any atom is -0.480 e. The van der Waals surface area contributed by atoms with Crippen molar-refractivity contribution < 1.29 is 33.8 Å². The highest BCUT2D eigenvalue weighted by Crippen LogP contribution is 2.45. The van der Waals surface area contributed by atoms with E-state index in [1.54, 1.807) is 6.92 Å². The Hall–Kier alpha value is -2.26. The van der Waals surface area contributed by atoms with Crippen LogP contribution < -0.4 is 5.32 Å². The molecule has 0 bridgehead atoms. The molecule has 130 valence electrons. The lowest BCUT2D eigenvalue weighted by atomic mass is 9.82. The van der Waals surface area contributed by atoms with Gasteiger partial charge < -0.3 is 19.5 Å². The highest BCUT2D eigenvalue weighted by atomic mass is 16.5. The van der Waals surface area contributed by atoms with E-state index in [2.05, 4.69) is 5.32 Å². The maximum atomic E-state index is 12.5. The van der Waals surface area contributed by atoms with E-state index in [-0.39, 0.29) is 6.54 Å². The maximum absolute atomic E-state index is 12.5. The van der Waals surface area contributed by atoms with Gasteiger partial charge in [-0.2, -0.15) is 0 Å². The van der Waals surface area contributed by atoms with Crippen LogP contribution in [-0.2, 0) is 28.7 Å². The molecule has 24 heavy (non-hydrogen) atoms. The molecule has 3 amide bonds. The summed E-state index contributed by atoms with van der Waals surface area (Å²) in [5.41, 5.74) is -0.0961. The number of imide groups is 1. The van der Waals surface area contributed by atoms with E-state index in [1.807, 2.05) is 13.0 Å². The minimum absolute atomic E-state index is 0.267. The number of amides is 3. The van der Waals surface area contributed by atoms with Gasteiger partial charge in [0.25, 0.3) is 5.91 Å². The number of carbonyl (C=O) groups is 4. The predicted molar refractivity (Wildman–Crippen MR) is 77.6 cm³/mol. The van der Waals surface area contributed by atoms with E-state index < -0.39 is 60.6 Å². The minimum atomic E-state index is -1.17. The monoisotopic (exact) mass is 338 g/mol. The summed E-state index contributed by atoms with van der Waals surface area (Å²) in [5, 5.41) is 10.8. The average Bonchev–Trinajstić information content (AvgIpc) is 2.91. The first-order valence-electron chi connectivity index (χ1n) is 7.53. The van der Waals surface area contributed by atoms with E-state index in [0.717, 1.165) is 5.57 Å². The van der Waals surface area contributed by atoms with Crippen LogP contribution in [0.3, 0.4) is 0 Å². The molecule has 0 aliphatic carbocycles. The Labute approximate surface area is 137 Å². The first kappa shape index (κ1) is 16.6. The summed E-state index contributed by atoms with van der Waals surface area (Å²) in [6, 6.07) is -0.640. The Morgan fingerprint density at radius 1 is 1.42 bits per heavy atom. The van der Waals surface area contributed by atoms with E-state index in [4.69, 9.17) is 14.6 Å². The van der Waals surface area contributed by atoms with Crippen LogP contribution in [0.5, 0.6) is 0 Å². The highest BCUT2D eigenvalue weighted by molar-refractivity contribution is 6.07. The third kappa shape index (κ3) is 2.59. The van der Waals surface area contributed by atoms with Crippen LogP contribution in [0.1, 0.15) is 13.8 Å². The normalized spacial score (nSPS) is 34.5. The summed E-state index contributed by atoms with van der Waals surface area (Å²) in [6.07, 6.45) is 0.906. The zero-order valence-corrected chi connectivity index (χ0v) is 13.3. The fourth-order valence-electron chi connectivity index (χ4n) is 3.79. The number of carbonyl (C=O) groups excluding carboxylic acids is 3. The quantitative estimate of drug-likeness (QED) is 0.481. The van der Waals surface area contributed by atoms with Crippen molar-refractivity contribution in [2.45, 2.75) is 31.6 Å². The van der Waals surface area contributed by atoms with Crippen molar-refractivity contribution in [3.05, 3.63) is 11.6 Å². The first-order valence-corrected chi connectivity index (χ1v) is 7.53. The number of carboxylic acids is 1. The van der Waals surface area contributed by atoms with Crippen molar-refractivity contribution >= 4 is 23.7 Å². The summed E-state index contributed by atoms with van der Waals surface area (Å²) in [4.78, 5) is 48.5. The summed E-state index contributed by atoms with van der Waals surface area (Å²) < 4.78 is 10.7. The van der Waals surface area contributed by atoms with Crippen LogP contribution in [0, 0.1) is 5.92 Å². The number of carboxylic acid groups (broad SMARTS) is 1. The molecule has 2 N–H and O–H groups in total. The molecule has 9 heteroatoms. The van der Waals surface area contributed by atoms with Gasteiger partial charge in [-0.1, -0.05) is 11.6 Å². The van der Waals surface area contributed by atoms with Crippen LogP contribution in [0.4, 0.5) is 0 Å². The fraction of sp³-hybridized carbons (Fsp3) is 0.600. The molecule has 2 fully saturated rings. The number of fused-ring (bicyclic) bond motifs is 3. The van der Waals surface area contributed by atoms with Crippen molar-refractivity contribution in [1.29, 1.82) is 0 Å². The van der Waals surface area contributed by atoms with Crippen LogP contribution in [0.25, 0.3) is 0 Å². The second-order valence-corrected chi connectivity index (χ2v) is 6.45. The second-order valence-electron chi connectivity index (χ2n) is 6.45. The molecule has 0 saturated carbocycles. The molecule has 0 aromatic carbocycles. The van der Waals surface area contributed by atoms with Gasteiger partial charge in [-0.05, 0) is 13.8 Å².